The topological polar surface area (TPSA) is 78.4 Å². The fraction of sp³-hybridized carbons (Fsp3) is 0.375. The number of aryl methyl sites for hydroxylation is 1. The van der Waals surface area contributed by atoms with Gasteiger partial charge in [-0.2, -0.15) is 0 Å². The zero-order valence-corrected chi connectivity index (χ0v) is 19.7. The van der Waals surface area contributed by atoms with Gasteiger partial charge >= 0.3 is 5.69 Å². The number of carbonyl (C=O) groups is 1. The SMILES string of the molecule is O=C(CCn1c(=O)[nH]c(=O)c2ccccc21)N(CCN1CCCC1)Cc1ccc(Cl)c(Cl)c1. The monoisotopic (exact) mass is 488 g/mol. The first-order valence-corrected chi connectivity index (χ1v) is 11.8. The number of benzene rings is 2. The summed E-state index contributed by atoms with van der Waals surface area (Å²) < 4.78 is 1.45. The Labute approximate surface area is 201 Å². The first kappa shape index (κ1) is 23.5. The van der Waals surface area contributed by atoms with Crippen LogP contribution in [0.1, 0.15) is 24.8 Å². The minimum atomic E-state index is -0.514. The van der Waals surface area contributed by atoms with Crippen LogP contribution in [0.25, 0.3) is 10.9 Å². The summed E-state index contributed by atoms with van der Waals surface area (Å²) in [6.07, 6.45) is 2.50. The molecule has 3 aromatic rings. The summed E-state index contributed by atoms with van der Waals surface area (Å²) in [5, 5.41) is 1.35. The first-order valence-electron chi connectivity index (χ1n) is 11.1. The molecule has 1 aromatic heterocycles. The summed E-state index contributed by atoms with van der Waals surface area (Å²) in [5.74, 6) is -0.0672. The van der Waals surface area contributed by atoms with Gasteiger partial charge in [0.2, 0.25) is 5.91 Å². The van der Waals surface area contributed by atoms with Crippen molar-refractivity contribution in [2.45, 2.75) is 32.4 Å². The predicted molar refractivity (Wildman–Crippen MR) is 131 cm³/mol. The smallest absolute Gasteiger partial charge is 0.328 e. The third-order valence-corrected chi connectivity index (χ3v) is 6.79. The van der Waals surface area contributed by atoms with E-state index in [-0.39, 0.29) is 18.9 Å². The molecule has 1 aliphatic rings. The van der Waals surface area contributed by atoms with Crippen LogP contribution in [0.3, 0.4) is 0 Å². The van der Waals surface area contributed by atoms with Gasteiger partial charge in [-0.25, -0.2) is 4.79 Å². The Morgan fingerprint density at radius 1 is 1.00 bits per heavy atom. The van der Waals surface area contributed by atoms with E-state index in [4.69, 9.17) is 23.2 Å². The van der Waals surface area contributed by atoms with E-state index >= 15 is 0 Å². The lowest BCUT2D eigenvalue weighted by atomic mass is 10.2. The Hall–Kier alpha value is -2.61. The predicted octanol–water partition coefficient (Wildman–Crippen LogP) is 3.51. The van der Waals surface area contributed by atoms with Crippen LogP contribution in [0, 0.1) is 0 Å². The van der Waals surface area contributed by atoms with Crippen LogP contribution < -0.4 is 11.2 Å². The summed E-state index contributed by atoms with van der Waals surface area (Å²) in [6.45, 7) is 4.07. The molecule has 1 N–H and O–H groups in total. The third kappa shape index (κ3) is 5.66. The third-order valence-electron chi connectivity index (χ3n) is 6.05. The van der Waals surface area contributed by atoms with Gasteiger partial charge in [-0.3, -0.25) is 19.1 Å². The van der Waals surface area contributed by atoms with Crippen LogP contribution in [0.2, 0.25) is 10.0 Å². The molecule has 0 unspecified atom stereocenters. The van der Waals surface area contributed by atoms with Gasteiger partial charge in [0.25, 0.3) is 5.56 Å². The summed E-state index contributed by atoms with van der Waals surface area (Å²) in [7, 11) is 0. The average Bonchev–Trinajstić information content (AvgIpc) is 3.32. The summed E-state index contributed by atoms with van der Waals surface area (Å²) >= 11 is 12.2. The van der Waals surface area contributed by atoms with E-state index in [1.807, 2.05) is 6.07 Å². The van der Waals surface area contributed by atoms with Gasteiger partial charge < -0.3 is 9.80 Å². The molecule has 1 amide bonds. The van der Waals surface area contributed by atoms with E-state index in [2.05, 4.69) is 9.88 Å². The van der Waals surface area contributed by atoms with Crippen LogP contribution >= 0.6 is 23.2 Å². The number of aromatic nitrogens is 2. The largest absolute Gasteiger partial charge is 0.337 e. The summed E-state index contributed by atoms with van der Waals surface area (Å²) in [6, 6.07) is 12.3. The quantitative estimate of drug-likeness (QED) is 0.526. The highest BCUT2D eigenvalue weighted by Gasteiger charge is 2.19. The van der Waals surface area contributed by atoms with Crippen LogP contribution in [-0.4, -0.2) is 51.4 Å². The van der Waals surface area contributed by atoms with Crippen LogP contribution in [0.4, 0.5) is 0 Å². The van der Waals surface area contributed by atoms with Gasteiger partial charge in [0.05, 0.1) is 20.9 Å². The van der Waals surface area contributed by atoms with Crippen molar-refractivity contribution < 1.29 is 4.79 Å². The average molecular weight is 489 g/mol. The molecule has 9 heteroatoms. The maximum atomic E-state index is 13.3. The molecule has 7 nitrogen and oxygen atoms in total. The molecule has 2 aromatic carbocycles. The van der Waals surface area contributed by atoms with Crippen molar-refractivity contribution in [3.8, 4) is 0 Å². The molecule has 0 radical (unpaired) electrons. The van der Waals surface area contributed by atoms with Gasteiger partial charge in [0, 0.05) is 32.6 Å². The molecule has 1 fully saturated rings. The van der Waals surface area contributed by atoms with Crippen molar-refractivity contribution in [3.63, 3.8) is 0 Å². The maximum Gasteiger partial charge on any atom is 0.328 e. The Kier molecular flexibility index (Phi) is 7.53. The lowest BCUT2D eigenvalue weighted by molar-refractivity contribution is -0.132. The molecular weight excluding hydrogens is 463 g/mol. The second-order valence-electron chi connectivity index (χ2n) is 8.29. The van der Waals surface area contributed by atoms with Crippen molar-refractivity contribution in [3.05, 3.63) is 78.9 Å². The Morgan fingerprint density at radius 3 is 2.52 bits per heavy atom. The number of para-hydroxylation sites is 1. The summed E-state index contributed by atoms with van der Waals surface area (Å²) in [5.41, 5.74) is 0.475. The fourth-order valence-corrected chi connectivity index (χ4v) is 4.57. The fourth-order valence-electron chi connectivity index (χ4n) is 4.25. The number of likely N-dealkylation sites (tertiary alicyclic amines) is 1. The van der Waals surface area contributed by atoms with E-state index < -0.39 is 11.2 Å². The van der Waals surface area contributed by atoms with Crippen LogP contribution in [0.5, 0.6) is 0 Å². The number of aromatic amines is 1. The molecule has 0 atom stereocenters. The van der Waals surface area contributed by atoms with Crippen LogP contribution in [-0.2, 0) is 17.9 Å². The van der Waals surface area contributed by atoms with E-state index in [0.29, 0.717) is 34.0 Å². The maximum absolute atomic E-state index is 13.3. The van der Waals surface area contributed by atoms with E-state index in [0.717, 1.165) is 25.2 Å². The van der Waals surface area contributed by atoms with Crippen molar-refractivity contribution in [1.82, 2.24) is 19.4 Å². The second-order valence-corrected chi connectivity index (χ2v) is 9.10. The normalized spacial score (nSPS) is 14.1. The number of amides is 1. The molecular formula is C24H26Cl2N4O3. The lowest BCUT2D eigenvalue weighted by Gasteiger charge is -2.26. The number of H-pyrrole nitrogens is 1. The summed E-state index contributed by atoms with van der Waals surface area (Å²) in [4.78, 5) is 44.3. The molecule has 174 valence electrons. The molecule has 33 heavy (non-hydrogen) atoms. The second kappa shape index (κ2) is 10.5. The number of nitrogens with zero attached hydrogens (tertiary/aromatic N) is 3. The van der Waals surface area contributed by atoms with Crippen molar-refractivity contribution in [2.24, 2.45) is 0 Å². The van der Waals surface area contributed by atoms with Gasteiger partial charge in [-0.15, -0.1) is 0 Å². The first-order chi connectivity index (χ1) is 15.9. The van der Waals surface area contributed by atoms with Gasteiger partial charge in [0.15, 0.2) is 0 Å². The zero-order chi connectivity index (χ0) is 23.4. The highest BCUT2D eigenvalue weighted by molar-refractivity contribution is 6.42. The Balaban J connectivity index is 1.52. The van der Waals surface area contributed by atoms with Gasteiger partial charge in [-0.05, 0) is 55.8 Å². The van der Waals surface area contributed by atoms with E-state index in [9.17, 15) is 14.4 Å². The highest BCUT2D eigenvalue weighted by atomic mass is 35.5. The molecule has 4 rings (SSSR count). The number of rotatable bonds is 8. The van der Waals surface area contributed by atoms with Crippen molar-refractivity contribution in [2.75, 3.05) is 26.2 Å². The number of hydrogen-bond donors (Lipinski definition) is 1. The molecule has 2 heterocycles. The highest BCUT2D eigenvalue weighted by Crippen LogP contribution is 2.23. The molecule has 1 aliphatic heterocycles. The number of fused-ring (bicyclic) bond motifs is 1. The standard InChI is InChI=1S/C24H26Cl2N4O3/c25-19-8-7-17(15-20(19)26)16-29(14-13-28-10-3-4-11-28)22(31)9-12-30-21-6-2-1-5-18(21)23(32)27-24(30)33/h1-2,5-8,15H,3-4,9-14,16H2,(H,27,32,33). The number of carbonyl (C=O) groups excluding carboxylic acids is 1. The minimum Gasteiger partial charge on any atom is -0.337 e. The minimum absolute atomic E-state index is 0.0672. The number of hydrogen-bond acceptors (Lipinski definition) is 4. The van der Waals surface area contributed by atoms with E-state index in [1.54, 1.807) is 41.3 Å². The number of nitrogens with one attached hydrogen (secondary N) is 1. The Bertz CT molecular complexity index is 1260. The molecule has 0 saturated carbocycles. The van der Waals surface area contributed by atoms with Gasteiger partial charge in [-0.1, -0.05) is 41.4 Å². The lowest BCUT2D eigenvalue weighted by Crippen LogP contribution is -2.38. The Morgan fingerprint density at radius 2 is 1.76 bits per heavy atom. The molecule has 0 bridgehead atoms. The number of halogens is 2. The zero-order valence-electron chi connectivity index (χ0n) is 18.2. The van der Waals surface area contributed by atoms with Gasteiger partial charge in [0.1, 0.15) is 0 Å². The molecule has 1 saturated heterocycles. The van der Waals surface area contributed by atoms with Crippen molar-refractivity contribution >= 4 is 40.0 Å². The molecule has 0 aliphatic carbocycles. The van der Waals surface area contributed by atoms with Crippen molar-refractivity contribution in [1.29, 1.82) is 0 Å². The molecule has 0 spiro atoms. The van der Waals surface area contributed by atoms with E-state index in [1.165, 1.54) is 17.4 Å². The van der Waals surface area contributed by atoms with Crippen LogP contribution in [0.15, 0.2) is 52.1 Å².